The van der Waals surface area contributed by atoms with E-state index in [-0.39, 0.29) is 6.04 Å². The summed E-state index contributed by atoms with van der Waals surface area (Å²) in [6.07, 6.45) is 0.109. The number of carbonyl (C=O) groups excluding carboxylic acids is 4. The molecule has 0 spiro atoms. The summed E-state index contributed by atoms with van der Waals surface area (Å²) in [4.78, 5) is 52.2. The highest BCUT2D eigenvalue weighted by molar-refractivity contribution is 5.94. The molecule has 0 saturated heterocycles. The monoisotopic (exact) mass is 487 g/mol. The summed E-state index contributed by atoms with van der Waals surface area (Å²) in [7, 11) is 0. The van der Waals surface area contributed by atoms with Crippen molar-refractivity contribution in [1.29, 1.82) is 5.26 Å². The van der Waals surface area contributed by atoms with Crippen molar-refractivity contribution in [2.24, 2.45) is 5.73 Å². The van der Waals surface area contributed by atoms with Crippen LogP contribution < -0.4 is 16.4 Å². The molecule has 1 rings (SSSR count). The number of ether oxygens (including phenoxy) is 1. The van der Waals surface area contributed by atoms with Gasteiger partial charge in [0.25, 0.3) is 0 Å². The Kier molecular flexibility index (Phi) is 11.2. The average molecular weight is 488 g/mol. The SMILES string of the molecule is CCCC(C)NC(=O)C(c1ccccc1C)N(CC#N)C(=O)C(CC(N)=O)NC(=O)OC(C)(C)C. The maximum atomic E-state index is 13.6. The first-order valence-electron chi connectivity index (χ1n) is 11.6. The summed E-state index contributed by atoms with van der Waals surface area (Å²) in [5.74, 6) is -2.12. The van der Waals surface area contributed by atoms with Gasteiger partial charge in [-0.15, -0.1) is 0 Å². The van der Waals surface area contributed by atoms with Gasteiger partial charge in [0.1, 0.15) is 24.2 Å². The van der Waals surface area contributed by atoms with Crippen LogP contribution in [0.15, 0.2) is 24.3 Å². The van der Waals surface area contributed by atoms with Gasteiger partial charge in [0, 0.05) is 6.04 Å². The zero-order valence-corrected chi connectivity index (χ0v) is 21.4. The third-order valence-corrected chi connectivity index (χ3v) is 5.07. The van der Waals surface area contributed by atoms with Crippen LogP contribution in [0.4, 0.5) is 4.79 Å². The minimum absolute atomic E-state index is 0.167. The van der Waals surface area contributed by atoms with Gasteiger partial charge in [0.2, 0.25) is 17.7 Å². The molecule has 192 valence electrons. The summed E-state index contributed by atoms with van der Waals surface area (Å²) in [5, 5.41) is 14.8. The number of hydrogen-bond donors (Lipinski definition) is 3. The smallest absolute Gasteiger partial charge is 0.408 e. The second-order valence-corrected chi connectivity index (χ2v) is 9.45. The van der Waals surface area contributed by atoms with E-state index >= 15 is 0 Å². The van der Waals surface area contributed by atoms with E-state index in [1.54, 1.807) is 52.0 Å². The summed E-state index contributed by atoms with van der Waals surface area (Å²) < 4.78 is 5.21. The van der Waals surface area contributed by atoms with Gasteiger partial charge in [-0.1, -0.05) is 37.6 Å². The second-order valence-electron chi connectivity index (χ2n) is 9.45. The predicted molar refractivity (Wildman–Crippen MR) is 131 cm³/mol. The average Bonchev–Trinajstić information content (AvgIpc) is 2.72. The van der Waals surface area contributed by atoms with Crippen molar-refractivity contribution in [2.75, 3.05) is 6.54 Å². The third-order valence-electron chi connectivity index (χ3n) is 5.07. The van der Waals surface area contributed by atoms with Crippen LogP contribution in [0.5, 0.6) is 0 Å². The quantitative estimate of drug-likeness (QED) is 0.407. The van der Waals surface area contributed by atoms with Crippen molar-refractivity contribution in [1.82, 2.24) is 15.5 Å². The summed E-state index contributed by atoms with van der Waals surface area (Å²) in [6, 6.07) is 6.17. The number of amides is 4. The number of carbonyl (C=O) groups is 4. The molecule has 4 amide bonds. The molecule has 0 radical (unpaired) electrons. The molecule has 10 nitrogen and oxygen atoms in total. The number of nitrogens with two attached hydrogens (primary N) is 1. The molecule has 35 heavy (non-hydrogen) atoms. The zero-order chi connectivity index (χ0) is 26.8. The van der Waals surface area contributed by atoms with E-state index < -0.39 is 54.5 Å². The molecule has 1 aromatic rings. The second kappa shape index (κ2) is 13.3. The van der Waals surface area contributed by atoms with Crippen molar-refractivity contribution in [2.45, 2.75) is 84.5 Å². The molecule has 0 bridgehead atoms. The van der Waals surface area contributed by atoms with Crippen LogP contribution in [0.1, 0.15) is 71.0 Å². The third kappa shape index (κ3) is 9.65. The van der Waals surface area contributed by atoms with Crippen LogP contribution in [0.25, 0.3) is 0 Å². The fraction of sp³-hybridized carbons (Fsp3) is 0.560. The Labute approximate surface area is 207 Å². The lowest BCUT2D eigenvalue weighted by Crippen LogP contribution is -2.54. The Hall–Kier alpha value is -3.61. The lowest BCUT2D eigenvalue weighted by Gasteiger charge is -2.34. The number of alkyl carbamates (subject to hydrolysis) is 1. The molecule has 3 atom stereocenters. The predicted octanol–water partition coefficient (Wildman–Crippen LogP) is 2.46. The van der Waals surface area contributed by atoms with Gasteiger partial charge in [-0.05, 0) is 52.2 Å². The maximum absolute atomic E-state index is 13.6. The summed E-state index contributed by atoms with van der Waals surface area (Å²) >= 11 is 0. The fourth-order valence-corrected chi connectivity index (χ4v) is 3.60. The number of benzene rings is 1. The standard InChI is InChI=1S/C25H37N5O5/c1-7-10-17(3)28-22(32)21(18-12-9-8-11-16(18)2)30(14-13-26)23(33)19(15-20(27)31)29-24(34)35-25(4,5)6/h8-9,11-12,17,19,21H,7,10,14-15H2,1-6H3,(H2,27,31)(H,28,32)(H,29,34). The molecule has 0 aromatic heterocycles. The fourth-order valence-electron chi connectivity index (χ4n) is 3.60. The maximum Gasteiger partial charge on any atom is 0.408 e. The Morgan fingerprint density at radius 2 is 1.80 bits per heavy atom. The first kappa shape index (κ1) is 29.4. The van der Waals surface area contributed by atoms with Gasteiger partial charge in [-0.3, -0.25) is 14.4 Å². The zero-order valence-electron chi connectivity index (χ0n) is 21.4. The Morgan fingerprint density at radius 1 is 1.17 bits per heavy atom. The van der Waals surface area contributed by atoms with Gasteiger partial charge in [-0.2, -0.15) is 5.26 Å². The lowest BCUT2D eigenvalue weighted by molar-refractivity contribution is -0.142. The first-order chi connectivity index (χ1) is 16.3. The van der Waals surface area contributed by atoms with E-state index in [1.165, 1.54) is 0 Å². The van der Waals surface area contributed by atoms with E-state index in [2.05, 4.69) is 10.6 Å². The molecule has 0 aliphatic heterocycles. The Bertz CT molecular complexity index is 950. The number of rotatable bonds is 11. The number of nitrogens with one attached hydrogen (secondary N) is 2. The summed E-state index contributed by atoms with van der Waals surface area (Å²) in [6.45, 7) is 10.1. The number of aryl methyl sites for hydroxylation is 1. The van der Waals surface area contributed by atoms with E-state index in [0.717, 1.165) is 23.3 Å². The van der Waals surface area contributed by atoms with Gasteiger partial charge < -0.3 is 26.0 Å². The van der Waals surface area contributed by atoms with Gasteiger partial charge in [-0.25, -0.2) is 4.79 Å². The minimum atomic E-state index is -1.43. The topological polar surface area (TPSA) is 155 Å². The molecule has 4 N–H and O–H groups in total. The highest BCUT2D eigenvalue weighted by Crippen LogP contribution is 2.26. The number of nitriles is 1. The molecule has 0 heterocycles. The highest BCUT2D eigenvalue weighted by atomic mass is 16.6. The van der Waals surface area contributed by atoms with E-state index in [4.69, 9.17) is 10.5 Å². The molecule has 3 unspecified atom stereocenters. The van der Waals surface area contributed by atoms with E-state index in [1.807, 2.05) is 19.9 Å². The molecule has 10 heteroatoms. The minimum Gasteiger partial charge on any atom is -0.444 e. The van der Waals surface area contributed by atoms with E-state index in [0.29, 0.717) is 5.56 Å². The van der Waals surface area contributed by atoms with Gasteiger partial charge in [0.15, 0.2) is 0 Å². The molecular formula is C25H37N5O5. The van der Waals surface area contributed by atoms with Crippen molar-refractivity contribution in [3.8, 4) is 6.07 Å². The molecular weight excluding hydrogens is 450 g/mol. The Balaban J connectivity index is 3.47. The van der Waals surface area contributed by atoms with E-state index in [9.17, 15) is 24.4 Å². The van der Waals surface area contributed by atoms with Crippen molar-refractivity contribution in [3.63, 3.8) is 0 Å². The molecule has 0 aliphatic rings. The van der Waals surface area contributed by atoms with Crippen LogP contribution in [-0.2, 0) is 19.1 Å². The van der Waals surface area contributed by atoms with Crippen molar-refractivity contribution < 1.29 is 23.9 Å². The first-order valence-corrected chi connectivity index (χ1v) is 11.6. The largest absolute Gasteiger partial charge is 0.444 e. The molecule has 0 aliphatic carbocycles. The molecule has 0 fully saturated rings. The van der Waals surface area contributed by atoms with Gasteiger partial charge >= 0.3 is 6.09 Å². The highest BCUT2D eigenvalue weighted by Gasteiger charge is 2.37. The van der Waals surface area contributed by atoms with Crippen LogP contribution in [-0.4, -0.2) is 52.9 Å². The van der Waals surface area contributed by atoms with Crippen LogP contribution in [0.2, 0.25) is 0 Å². The molecule has 0 saturated carbocycles. The number of primary amides is 1. The number of hydrogen-bond acceptors (Lipinski definition) is 6. The van der Waals surface area contributed by atoms with Crippen LogP contribution >= 0.6 is 0 Å². The number of nitrogens with zero attached hydrogens (tertiary/aromatic N) is 2. The molecule has 1 aromatic carbocycles. The van der Waals surface area contributed by atoms with Crippen LogP contribution in [0.3, 0.4) is 0 Å². The summed E-state index contributed by atoms with van der Waals surface area (Å²) in [5.41, 5.74) is 5.74. The Morgan fingerprint density at radius 3 is 2.31 bits per heavy atom. The lowest BCUT2D eigenvalue weighted by atomic mass is 9.97. The van der Waals surface area contributed by atoms with Crippen molar-refractivity contribution >= 4 is 23.8 Å². The van der Waals surface area contributed by atoms with Crippen LogP contribution in [0, 0.1) is 18.3 Å². The van der Waals surface area contributed by atoms with Crippen molar-refractivity contribution in [3.05, 3.63) is 35.4 Å². The van der Waals surface area contributed by atoms with Gasteiger partial charge in [0.05, 0.1) is 12.5 Å². The normalized spacial score (nSPS) is 13.5.